The monoisotopic (exact) mass is 196 g/mol. The Balaban J connectivity index is 1.81. The number of rotatable bonds is 3. The van der Waals surface area contributed by atoms with Crippen LogP contribution in [0.2, 0.25) is 0 Å². The molecule has 0 aromatic carbocycles. The summed E-state index contributed by atoms with van der Waals surface area (Å²) in [4.78, 5) is 2.73. The molecule has 4 atom stereocenters. The van der Waals surface area contributed by atoms with E-state index in [2.05, 4.69) is 31.1 Å². The Kier molecular flexibility index (Phi) is 3.13. The number of nitrogens with zero attached hydrogens (tertiary/aromatic N) is 1. The highest BCUT2D eigenvalue weighted by molar-refractivity contribution is 4.97. The second kappa shape index (κ2) is 4.19. The van der Waals surface area contributed by atoms with Crippen molar-refractivity contribution in [2.75, 3.05) is 20.1 Å². The molecule has 1 saturated heterocycles. The van der Waals surface area contributed by atoms with Gasteiger partial charge in [0, 0.05) is 18.6 Å². The Morgan fingerprint density at radius 2 is 2.21 bits per heavy atom. The van der Waals surface area contributed by atoms with Crippen molar-refractivity contribution in [1.82, 2.24) is 10.2 Å². The zero-order valence-electron chi connectivity index (χ0n) is 9.79. The lowest BCUT2D eigenvalue weighted by Crippen LogP contribution is -2.48. The van der Waals surface area contributed by atoms with Crippen LogP contribution in [-0.4, -0.2) is 37.1 Å². The smallest absolute Gasteiger partial charge is 0.0127 e. The minimum Gasteiger partial charge on any atom is -0.317 e. The Hall–Kier alpha value is -0.0800. The number of hydrogen-bond donors (Lipinski definition) is 1. The van der Waals surface area contributed by atoms with E-state index < -0.39 is 0 Å². The number of hydrogen-bond acceptors (Lipinski definition) is 2. The van der Waals surface area contributed by atoms with E-state index in [-0.39, 0.29) is 0 Å². The van der Waals surface area contributed by atoms with Crippen LogP contribution in [0.5, 0.6) is 0 Å². The Morgan fingerprint density at radius 3 is 2.71 bits per heavy atom. The van der Waals surface area contributed by atoms with Gasteiger partial charge in [0.15, 0.2) is 0 Å². The lowest BCUT2D eigenvalue weighted by Gasteiger charge is -2.37. The molecule has 0 spiro atoms. The minimum atomic E-state index is 0.755. The first kappa shape index (κ1) is 10.4. The molecule has 2 rings (SSSR count). The lowest BCUT2D eigenvalue weighted by atomic mass is 9.94. The maximum atomic E-state index is 3.43. The molecule has 2 fully saturated rings. The maximum absolute atomic E-state index is 3.43. The second-order valence-corrected chi connectivity index (χ2v) is 5.13. The van der Waals surface area contributed by atoms with Gasteiger partial charge in [-0.3, -0.25) is 4.90 Å². The van der Waals surface area contributed by atoms with Gasteiger partial charge in [0.25, 0.3) is 0 Å². The normalized spacial score (nSPS) is 43.9. The van der Waals surface area contributed by atoms with Crippen LogP contribution in [-0.2, 0) is 0 Å². The fourth-order valence-corrected chi connectivity index (χ4v) is 3.03. The molecular weight excluding hydrogens is 172 g/mol. The van der Waals surface area contributed by atoms with Crippen molar-refractivity contribution >= 4 is 0 Å². The van der Waals surface area contributed by atoms with Gasteiger partial charge in [-0.2, -0.15) is 0 Å². The molecule has 0 aromatic rings. The third kappa shape index (κ3) is 1.96. The van der Waals surface area contributed by atoms with Crippen LogP contribution in [0.1, 0.15) is 33.1 Å². The van der Waals surface area contributed by atoms with E-state index in [1.807, 2.05) is 0 Å². The average molecular weight is 196 g/mol. The van der Waals surface area contributed by atoms with E-state index in [1.54, 1.807) is 0 Å². The standard InChI is InChI=1S/C12H24N2/c1-4-10-7-12(10)14-6-5-11(13-3)9(2)8-14/h9-13H,4-8H2,1-3H3. The summed E-state index contributed by atoms with van der Waals surface area (Å²) in [5, 5.41) is 3.43. The summed E-state index contributed by atoms with van der Waals surface area (Å²) in [6.45, 7) is 7.34. The first-order chi connectivity index (χ1) is 6.76. The highest BCUT2D eigenvalue weighted by Crippen LogP contribution is 2.39. The summed E-state index contributed by atoms with van der Waals surface area (Å²) in [7, 11) is 2.10. The summed E-state index contributed by atoms with van der Waals surface area (Å²) in [6, 6.07) is 1.70. The van der Waals surface area contributed by atoms with E-state index in [4.69, 9.17) is 0 Å². The summed E-state index contributed by atoms with van der Waals surface area (Å²) in [6.07, 6.45) is 4.18. The van der Waals surface area contributed by atoms with Crippen molar-refractivity contribution in [3.05, 3.63) is 0 Å². The van der Waals surface area contributed by atoms with Crippen LogP contribution in [0.15, 0.2) is 0 Å². The maximum Gasteiger partial charge on any atom is 0.0127 e. The van der Waals surface area contributed by atoms with Gasteiger partial charge in [-0.25, -0.2) is 0 Å². The Labute approximate surface area is 88.1 Å². The highest BCUT2D eigenvalue weighted by Gasteiger charge is 2.42. The van der Waals surface area contributed by atoms with Gasteiger partial charge in [-0.05, 0) is 38.3 Å². The molecule has 1 aliphatic carbocycles. The van der Waals surface area contributed by atoms with Crippen molar-refractivity contribution in [3.63, 3.8) is 0 Å². The van der Waals surface area contributed by atoms with Crippen molar-refractivity contribution < 1.29 is 0 Å². The van der Waals surface area contributed by atoms with Crippen molar-refractivity contribution in [2.24, 2.45) is 11.8 Å². The number of piperidine rings is 1. The zero-order chi connectivity index (χ0) is 10.1. The summed E-state index contributed by atoms with van der Waals surface area (Å²) in [5.41, 5.74) is 0. The largest absolute Gasteiger partial charge is 0.317 e. The predicted molar refractivity (Wildman–Crippen MR) is 60.4 cm³/mol. The Bertz CT molecular complexity index is 193. The molecular formula is C12H24N2. The van der Waals surface area contributed by atoms with Crippen LogP contribution in [0.4, 0.5) is 0 Å². The van der Waals surface area contributed by atoms with E-state index >= 15 is 0 Å². The number of likely N-dealkylation sites (tertiary alicyclic amines) is 1. The van der Waals surface area contributed by atoms with Crippen molar-refractivity contribution in [3.8, 4) is 0 Å². The molecule has 14 heavy (non-hydrogen) atoms. The SMILES string of the molecule is CCC1CC1N1CCC(NC)C(C)C1. The van der Waals surface area contributed by atoms with Crippen molar-refractivity contribution in [2.45, 2.75) is 45.2 Å². The van der Waals surface area contributed by atoms with Crippen LogP contribution < -0.4 is 5.32 Å². The first-order valence-corrected chi connectivity index (χ1v) is 6.17. The van der Waals surface area contributed by atoms with E-state index in [9.17, 15) is 0 Å². The molecule has 0 bridgehead atoms. The molecule has 0 aromatic heterocycles. The molecule has 4 unspecified atom stereocenters. The van der Waals surface area contributed by atoms with Crippen LogP contribution >= 0.6 is 0 Å². The average Bonchev–Trinajstić information content (AvgIpc) is 2.96. The molecule has 0 amide bonds. The lowest BCUT2D eigenvalue weighted by molar-refractivity contribution is 0.138. The quantitative estimate of drug-likeness (QED) is 0.739. The minimum absolute atomic E-state index is 0.755. The molecule has 1 heterocycles. The van der Waals surface area contributed by atoms with Gasteiger partial charge < -0.3 is 5.32 Å². The third-order valence-electron chi connectivity index (χ3n) is 4.19. The third-order valence-corrected chi connectivity index (χ3v) is 4.19. The summed E-state index contributed by atoms with van der Waals surface area (Å²) in [5.74, 6) is 1.85. The summed E-state index contributed by atoms with van der Waals surface area (Å²) < 4.78 is 0. The van der Waals surface area contributed by atoms with Crippen LogP contribution in [0.3, 0.4) is 0 Å². The molecule has 0 radical (unpaired) electrons. The van der Waals surface area contributed by atoms with Crippen molar-refractivity contribution in [1.29, 1.82) is 0 Å². The molecule has 82 valence electrons. The van der Waals surface area contributed by atoms with E-state index in [0.717, 1.165) is 23.9 Å². The molecule has 1 aliphatic heterocycles. The number of nitrogens with one attached hydrogen (secondary N) is 1. The molecule has 2 heteroatoms. The van der Waals surface area contributed by atoms with Gasteiger partial charge in [0.2, 0.25) is 0 Å². The molecule has 1 saturated carbocycles. The van der Waals surface area contributed by atoms with Crippen LogP contribution in [0, 0.1) is 11.8 Å². The highest BCUT2D eigenvalue weighted by atomic mass is 15.2. The first-order valence-electron chi connectivity index (χ1n) is 6.17. The fourth-order valence-electron chi connectivity index (χ4n) is 3.03. The molecule has 1 N–H and O–H groups in total. The fraction of sp³-hybridized carbons (Fsp3) is 1.00. The van der Waals surface area contributed by atoms with Gasteiger partial charge in [0.05, 0.1) is 0 Å². The van der Waals surface area contributed by atoms with Gasteiger partial charge in [0.1, 0.15) is 0 Å². The predicted octanol–water partition coefficient (Wildman–Crippen LogP) is 1.71. The van der Waals surface area contributed by atoms with Gasteiger partial charge in [-0.15, -0.1) is 0 Å². The topological polar surface area (TPSA) is 15.3 Å². The van der Waals surface area contributed by atoms with Crippen LogP contribution in [0.25, 0.3) is 0 Å². The zero-order valence-corrected chi connectivity index (χ0v) is 9.79. The van der Waals surface area contributed by atoms with E-state index in [0.29, 0.717) is 0 Å². The van der Waals surface area contributed by atoms with E-state index in [1.165, 1.54) is 32.4 Å². The second-order valence-electron chi connectivity index (χ2n) is 5.13. The summed E-state index contributed by atoms with van der Waals surface area (Å²) >= 11 is 0. The van der Waals surface area contributed by atoms with Gasteiger partial charge >= 0.3 is 0 Å². The Morgan fingerprint density at radius 1 is 1.43 bits per heavy atom. The molecule has 2 aliphatic rings. The van der Waals surface area contributed by atoms with Gasteiger partial charge in [-0.1, -0.05) is 20.3 Å². The molecule has 2 nitrogen and oxygen atoms in total.